The average Bonchev–Trinajstić information content (AvgIpc) is 2.97. The van der Waals surface area contributed by atoms with Crippen molar-refractivity contribution in [1.29, 1.82) is 0 Å². The first kappa shape index (κ1) is 19.1. The van der Waals surface area contributed by atoms with E-state index in [0.29, 0.717) is 5.39 Å². The fraction of sp³-hybridized carbons (Fsp3) is 0.350. The number of benzene rings is 1. The van der Waals surface area contributed by atoms with Gasteiger partial charge in [0.2, 0.25) is 5.91 Å². The van der Waals surface area contributed by atoms with Crippen LogP contribution in [-0.2, 0) is 11.3 Å². The number of rotatable bonds is 6. The third-order valence-electron chi connectivity index (χ3n) is 4.73. The van der Waals surface area contributed by atoms with Gasteiger partial charge in [0.05, 0.1) is 24.9 Å². The Balaban J connectivity index is 1.78. The lowest BCUT2D eigenvalue weighted by Gasteiger charge is -2.18. The van der Waals surface area contributed by atoms with Crippen molar-refractivity contribution < 1.29 is 9.53 Å². The van der Waals surface area contributed by atoms with Gasteiger partial charge < -0.3 is 10.1 Å². The van der Waals surface area contributed by atoms with Gasteiger partial charge in [-0.25, -0.2) is 4.98 Å². The lowest BCUT2D eigenvalue weighted by atomic mass is 10.0. The Kier molecular flexibility index (Phi) is 5.60. The van der Waals surface area contributed by atoms with E-state index in [0.717, 1.165) is 33.0 Å². The summed E-state index contributed by atoms with van der Waals surface area (Å²) in [6.45, 7) is 5.84. The van der Waals surface area contributed by atoms with Crippen LogP contribution in [-0.4, -0.2) is 22.6 Å². The van der Waals surface area contributed by atoms with Gasteiger partial charge in [-0.3, -0.25) is 14.2 Å². The molecule has 142 valence electrons. The maximum Gasteiger partial charge on any atom is 0.262 e. The molecule has 1 atom stereocenters. The highest BCUT2D eigenvalue weighted by molar-refractivity contribution is 7.18. The van der Waals surface area contributed by atoms with E-state index in [1.807, 2.05) is 45.0 Å². The van der Waals surface area contributed by atoms with Crippen molar-refractivity contribution in [3.05, 3.63) is 57.0 Å². The van der Waals surface area contributed by atoms with Crippen LogP contribution in [0.4, 0.5) is 0 Å². The second-order valence-corrected chi connectivity index (χ2v) is 7.65. The highest BCUT2D eigenvalue weighted by Gasteiger charge is 2.16. The van der Waals surface area contributed by atoms with E-state index in [9.17, 15) is 9.59 Å². The Morgan fingerprint density at radius 2 is 2.00 bits per heavy atom. The van der Waals surface area contributed by atoms with E-state index in [4.69, 9.17) is 4.74 Å². The maximum absolute atomic E-state index is 12.7. The summed E-state index contributed by atoms with van der Waals surface area (Å²) >= 11 is 1.50. The molecule has 0 unspecified atom stereocenters. The van der Waals surface area contributed by atoms with Crippen LogP contribution >= 0.6 is 11.3 Å². The molecule has 0 radical (unpaired) electrons. The first-order valence-electron chi connectivity index (χ1n) is 8.83. The number of fused-ring (bicyclic) bond motifs is 1. The number of carbonyl (C=O) groups excluding carboxylic acids is 1. The molecule has 1 N–H and O–H groups in total. The zero-order valence-corrected chi connectivity index (χ0v) is 16.7. The number of amides is 1. The SMILES string of the molecule is CC[C@H](NC(=O)Cn1cnc2sc(C)c(C)c2c1=O)c1ccc(OC)cc1. The van der Waals surface area contributed by atoms with Gasteiger partial charge in [0, 0.05) is 4.88 Å². The van der Waals surface area contributed by atoms with Gasteiger partial charge in [-0.05, 0) is 43.5 Å². The highest BCUT2D eigenvalue weighted by atomic mass is 32.1. The van der Waals surface area contributed by atoms with E-state index < -0.39 is 0 Å². The normalized spacial score (nSPS) is 12.1. The lowest BCUT2D eigenvalue weighted by Crippen LogP contribution is -2.34. The van der Waals surface area contributed by atoms with Crippen molar-refractivity contribution in [2.24, 2.45) is 0 Å². The molecule has 2 aromatic heterocycles. The number of thiophene rings is 1. The molecule has 1 amide bonds. The van der Waals surface area contributed by atoms with Gasteiger partial charge in [0.15, 0.2) is 0 Å². The van der Waals surface area contributed by atoms with Crippen LogP contribution in [0.15, 0.2) is 35.4 Å². The minimum atomic E-state index is -0.217. The van der Waals surface area contributed by atoms with E-state index in [-0.39, 0.29) is 24.1 Å². The Bertz CT molecular complexity index is 1020. The Morgan fingerprint density at radius 1 is 1.30 bits per heavy atom. The summed E-state index contributed by atoms with van der Waals surface area (Å²) in [4.78, 5) is 31.4. The van der Waals surface area contributed by atoms with Gasteiger partial charge in [-0.15, -0.1) is 11.3 Å². The number of nitrogens with zero attached hydrogens (tertiary/aromatic N) is 2. The van der Waals surface area contributed by atoms with Gasteiger partial charge in [0.1, 0.15) is 17.1 Å². The summed E-state index contributed by atoms with van der Waals surface area (Å²) < 4.78 is 6.54. The standard InChI is InChI=1S/C20H23N3O3S/c1-5-16(14-6-8-15(26-4)9-7-14)22-17(24)10-23-11-21-19-18(20(23)25)12(2)13(3)27-19/h6-9,11,16H,5,10H2,1-4H3,(H,22,24)/t16-/m0/s1. The highest BCUT2D eigenvalue weighted by Crippen LogP contribution is 2.25. The van der Waals surface area contributed by atoms with E-state index in [1.54, 1.807) is 7.11 Å². The molecule has 0 saturated carbocycles. The predicted molar refractivity (Wildman–Crippen MR) is 108 cm³/mol. The van der Waals surface area contributed by atoms with Gasteiger partial charge in [-0.2, -0.15) is 0 Å². The fourth-order valence-electron chi connectivity index (χ4n) is 3.03. The molecule has 27 heavy (non-hydrogen) atoms. The van der Waals surface area contributed by atoms with Crippen LogP contribution in [0, 0.1) is 13.8 Å². The molecule has 0 aliphatic carbocycles. The lowest BCUT2D eigenvalue weighted by molar-refractivity contribution is -0.122. The van der Waals surface area contributed by atoms with E-state index in [2.05, 4.69) is 10.3 Å². The number of nitrogens with one attached hydrogen (secondary N) is 1. The topological polar surface area (TPSA) is 73.2 Å². The quantitative estimate of drug-likeness (QED) is 0.706. The Labute approximate surface area is 161 Å². The summed E-state index contributed by atoms with van der Waals surface area (Å²) in [6, 6.07) is 7.48. The molecule has 1 aromatic carbocycles. The Hall–Kier alpha value is -2.67. The summed E-state index contributed by atoms with van der Waals surface area (Å²) in [6.07, 6.45) is 2.20. The van der Waals surface area contributed by atoms with Crippen LogP contribution < -0.4 is 15.6 Å². The van der Waals surface area contributed by atoms with Crippen LogP contribution in [0.1, 0.15) is 35.4 Å². The van der Waals surface area contributed by atoms with Crippen molar-refractivity contribution in [3.8, 4) is 5.75 Å². The van der Waals surface area contributed by atoms with Crippen molar-refractivity contribution >= 4 is 27.5 Å². The smallest absolute Gasteiger partial charge is 0.262 e. The van der Waals surface area contributed by atoms with Gasteiger partial charge in [0.25, 0.3) is 5.56 Å². The summed E-state index contributed by atoms with van der Waals surface area (Å²) in [7, 11) is 1.62. The monoisotopic (exact) mass is 385 g/mol. The second kappa shape index (κ2) is 7.92. The van der Waals surface area contributed by atoms with Crippen molar-refractivity contribution in [1.82, 2.24) is 14.9 Å². The zero-order chi connectivity index (χ0) is 19.6. The third-order valence-corrected chi connectivity index (χ3v) is 5.85. The molecule has 0 saturated heterocycles. The molecule has 0 aliphatic rings. The van der Waals surface area contributed by atoms with Gasteiger partial charge in [-0.1, -0.05) is 19.1 Å². The molecule has 0 bridgehead atoms. The summed E-state index contributed by atoms with van der Waals surface area (Å²) in [5.41, 5.74) is 1.76. The van der Waals surface area contributed by atoms with Crippen LogP contribution in [0.3, 0.4) is 0 Å². The van der Waals surface area contributed by atoms with Crippen molar-refractivity contribution in [2.45, 2.75) is 39.8 Å². The summed E-state index contributed by atoms with van der Waals surface area (Å²) in [5, 5.41) is 3.61. The number of hydrogen-bond acceptors (Lipinski definition) is 5. The zero-order valence-electron chi connectivity index (χ0n) is 15.9. The number of ether oxygens (including phenoxy) is 1. The van der Waals surface area contributed by atoms with E-state index in [1.165, 1.54) is 22.2 Å². The molecular weight excluding hydrogens is 362 g/mol. The number of carbonyl (C=O) groups is 1. The molecule has 7 heteroatoms. The van der Waals surface area contributed by atoms with Crippen LogP contribution in [0.5, 0.6) is 5.75 Å². The number of aromatic nitrogens is 2. The van der Waals surface area contributed by atoms with Crippen molar-refractivity contribution in [3.63, 3.8) is 0 Å². The third kappa shape index (κ3) is 3.88. The minimum Gasteiger partial charge on any atom is -0.497 e. The average molecular weight is 385 g/mol. The maximum atomic E-state index is 12.7. The molecule has 0 aliphatic heterocycles. The minimum absolute atomic E-state index is 0.0528. The van der Waals surface area contributed by atoms with Crippen molar-refractivity contribution in [2.75, 3.05) is 7.11 Å². The number of hydrogen-bond donors (Lipinski definition) is 1. The Morgan fingerprint density at radius 3 is 2.63 bits per heavy atom. The van der Waals surface area contributed by atoms with Crippen LogP contribution in [0.25, 0.3) is 10.2 Å². The molecule has 3 aromatic rings. The first-order valence-corrected chi connectivity index (χ1v) is 9.64. The molecular formula is C20H23N3O3S. The molecule has 0 spiro atoms. The molecule has 3 rings (SSSR count). The second-order valence-electron chi connectivity index (χ2n) is 6.44. The largest absolute Gasteiger partial charge is 0.497 e. The molecule has 6 nitrogen and oxygen atoms in total. The molecule has 0 fully saturated rings. The van der Waals surface area contributed by atoms with Gasteiger partial charge >= 0.3 is 0 Å². The number of aryl methyl sites for hydroxylation is 2. The van der Waals surface area contributed by atoms with E-state index >= 15 is 0 Å². The first-order chi connectivity index (χ1) is 12.9. The number of methoxy groups -OCH3 is 1. The predicted octanol–water partition coefficient (Wildman–Crippen LogP) is 3.35. The summed E-state index contributed by atoms with van der Waals surface area (Å²) in [5.74, 6) is 0.554. The van der Waals surface area contributed by atoms with Crippen LogP contribution in [0.2, 0.25) is 0 Å². The fourth-order valence-corrected chi connectivity index (χ4v) is 4.02. The molecule has 2 heterocycles.